The second kappa shape index (κ2) is 7.74. The molecule has 0 N–H and O–H groups in total. The first kappa shape index (κ1) is 14.6. The number of aromatic nitrogens is 3. The number of hydrogen-bond donors (Lipinski definition) is 0. The van der Waals surface area contributed by atoms with E-state index in [2.05, 4.69) is 30.2 Å². The summed E-state index contributed by atoms with van der Waals surface area (Å²) < 4.78 is 0. The van der Waals surface area contributed by atoms with Gasteiger partial charge in [-0.05, 0) is 36.0 Å². The Labute approximate surface area is 120 Å². The van der Waals surface area contributed by atoms with Crippen LogP contribution in [-0.2, 0) is 6.54 Å². The maximum absolute atomic E-state index is 8.45. The molecule has 0 radical (unpaired) electrons. The molecule has 0 saturated heterocycles. The molecule has 1 heterocycles. The molecule has 0 aliphatic heterocycles. The predicted molar refractivity (Wildman–Crippen MR) is 78.3 cm³/mol. The first-order chi connectivity index (χ1) is 10.3. The van der Waals surface area contributed by atoms with E-state index >= 15 is 0 Å². The van der Waals surface area contributed by atoms with Gasteiger partial charge < -0.3 is 0 Å². The molecule has 0 bridgehead atoms. The summed E-state index contributed by atoms with van der Waals surface area (Å²) in [5.74, 6) is 0. The van der Waals surface area contributed by atoms with Gasteiger partial charge in [-0.2, -0.15) is 15.0 Å². The van der Waals surface area contributed by atoms with Crippen LogP contribution < -0.4 is 0 Å². The lowest BCUT2D eigenvalue weighted by Crippen LogP contribution is -2.08. The zero-order valence-corrected chi connectivity index (χ0v) is 11.4. The van der Waals surface area contributed by atoms with Crippen molar-refractivity contribution in [2.75, 3.05) is 6.54 Å². The van der Waals surface area contributed by atoms with Gasteiger partial charge in [0.15, 0.2) is 0 Å². The Morgan fingerprint density at radius 1 is 1.10 bits per heavy atom. The predicted octanol–water partition coefficient (Wildman–Crippen LogP) is 3.59. The number of nitrogens with zero attached hydrogens (tertiary/aromatic N) is 9. The van der Waals surface area contributed by atoms with Gasteiger partial charge in [-0.1, -0.05) is 28.8 Å². The zero-order valence-electron chi connectivity index (χ0n) is 11.4. The van der Waals surface area contributed by atoms with Crippen LogP contribution in [0.5, 0.6) is 0 Å². The number of aryl methyl sites for hydroxylation is 1. The summed E-state index contributed by atoms with van der Waals surface area (Å²) in [6.45, 7) is 0.906. The number of benzene rings is 1. The smallest absolute Gasteiger partial charge is 0.113 e. The Kier molecular flexibility index (Phi) is 5.40. The quantitative estimate of drug-likeness (QED) is 0.317. The minimum atomic E-state index is -0.282. The molecule has 1 aromatic heterocycles. The molecule has 2 rings (SSSR count). The minimum absolute atomic E-state index is 0.199. The largest absolute Gasteiger partial charge is 0.184 e. The highest BCUT2D eigenvalue weighted by molar-refractivity contribution is 5.72. The van der Waals surface area contributed by atoms with Gasteiger partial charge in [0.25, 0.3) is 0 Å². The fourth-order valence-electron chi connectivity index (χ4n) is 2.03. The van der Waals surface area contributed by atoms with Crippen molar-refractivity contribution in [1.82, 2.24) is 15.0 Å². The molecular formula is C12H15N9. The van der Waals surface area contributed by atoms with Gasteiger partial charge in [-0.15, -0.1) is 0 Å². The summed E-state index contributed by atoms with van der Waals surface area (Å²) in [5, 5.41) is 15.8. The summed E-state index contributed by atoms with van der Waals surface area (Å²) in [5.41, 5.74) is 18.5. The van der Waals surface area contributed by atoms with Crippen molar-refractivity contribution < 1.29 is 0 Å². The number of fused-ring (bicyclic) bond motifs is 1. The van der Waals surface area contributed by atoms with E-state index in [1.165, 1.54) is 0 Å². The monoisotopic (exact) mass is 285 g/mol. The molecule has 1 unspecified atom stereocenters. The molecule has 9 nitrogen and oxygen atoms in total. The molecule has 9 heteroatoms. The van der Waals surface area contributed by atoms with Crippen LogP contribution in [0.15, 0.2) is 34.5 Å². The van der Waals surface area contributed by atoms with Gasteiger partial charge in [0, 0.05) is 22.4 Å². The van der Waals surface area contributed by atoms with E-state index in [4.69, 9.17) is 11.1 Å². The van der Waals surface area contributed by atoms with Gasteiger partial charge in [0.1, 0.15) is 11.0 Å². The Hall–Kier alpha value is -2.76. The van der Waals surface area contributed by atoms with E-state index in [1.54, 1.807) is 4.80 Å². The molecule has 0 fully saturated rings. The fourth-order valence-corrected chi connectivity index (χ4v) is 2.03. The van der Waals surface area contributed by atoms with Crippen LogP contribution in [0, 0.1) is 0 Å². The van der Waals surface area contributed by atoms with Crippen molar-refractivity contribution in [3.63, 3.8) is 0 Å². The molecule has 0 aliphatic carbocycles. The topological polar surface area (TPSA) is 128 Å². The molecular weight excluding hydrogens is 270 g/mol. The molecule has 21 heavy (non-hydrogen) atoms. The van der Waals surface area contributed by atoms with Gasteiger partial charge in [-0.25, -0.2) is 0 Å². The summed E-state index contributed by atoms with van der Waals surface area (Å²) in [7, 11) is 0. The number of unbranched alkanes of at least 4 members (excludes halogenated alkanes) is 1. The summed E-state index contributed by atoms with van der Waals surface area (Å²) in [4.78, 5) is 7.12. The first-order valence-corrected chi connectivity index (χ1v) is 6.68. The third-order valence-corrected chi connectivity index (χ3v) is 3.04. The molecule has 0 amide bonds. The van der Waals surface area contributed by atoms with E-state index in [0.29, 0.717) is 13.0 Å². The maximum atomic E-state index is 8.45. The second-order valence-corrected chi connectivity index (χ2v) is 4.55. The SMILES string of the molecule is [N-]=[N+]=NCC(CCCCn1nc2ccccc2n1)N=[N+]=[N-]. The van der Waals surface area contributed by atoms with Crippen molar-refractivity contribution in [3.05, 3.63) is 45.2 Å². The zero-order chi connectivity index (χ0) is 14.9. The Morgan fingerprint density at radius 3 is 2.43 bits per heavy atom. The molecule has 108 valence electrons. The highest BCUT2D eigenvalue weighted by Crippen LogP contribution is 2.10. The van der Waals surface area contributed by atoms with E-state index in [-0.39, 0.29) is 12.6 Å². The third-order valence-electron chi connectivity index (χ3n) is 3.04. The molecule has 1 aromatic carbocycles. The molecule has 0 saturated carbocycles. The number of hydrogen-bond acceptors (Lipinski definition) is 4. The maximum Gasteiger partial charge on any atom is 0.113 e. The Bertz CT molecular complexity index is 646. The third kappa shape index (κ3) is 4.38. The highest BCUT2D eigenvalue weighted by atomic mass is 15.5. The van der Waals surface area contributed by atoms with Crippen LogP contribution in [0.3, 0.4) is 0 Å². The van der Waals surface area contributed by atoms with Crippen molar-refractivity contribution in [1.29, 1.82) is 0 Å². The van der Waals surface area contributed by atoms with Gasteiger partial charge >= 0.3 is 0 Å². The van der Waals surface area contributed by atoms with E-state index in [1.807, 2.05) is 24.3 Å². The first-order valence-electron chi connectivity index (χ1n) is 6.68. The average molecular weight is 285 g/mol. The Balaban J connectivity index is 1.80. The van der Waals surface area contributed by atoms with Crippen molar-refractivity contribution in [2.24, 2.45) is 10.2 Å². The van der Waals surface area contributed by atoms with Crippen LogP contribution in [0.25, 0.3) is 31.9 Å². The molecule has 0 spiro atoms. The Morgan fingerprint density at radius 2 is 1.81 bits per heavy atom. The number of rotatable bonds is 8. The van der Waals surface area contributed by atoms with Crippen molar-refractivity contribution in [2.45, 2.75) is 31.8 Å². The lowest BCUT2D eigenvalue weighted by molar-refractivity contribution is 0.478. The van der Waals surface area contributed by atoms with Gasteiger partial charge in [-0.3, -0.25) is 0 Å². The standard InChI is InChI=1S/C12H15N9/c13-19-15-9-10(16-20-14)5-3-4-8-21-17-11-6-1-2-7-12(11)18-21/h1-2,6-7,10H,3-5,8-9H2. The van der Waals surface area contributed by atoms with Crippen molar-refractivity contribution >= 4 is 11.0 Å². The average Bonchev–Trinajstić information content (AvgIpc) is 2.91. The molecule has 2 aromatic rings. The fraction of sp³-hybridized carbons (Fsp3) is 0.500. The number of azide groups is 2. The highest BCUT2D eigenvalue weighted by Gasteiger charge is 2.05. The van der Waals surface area contributed by atoms with Crippen LogP contribution in [0.1, 0.15) is 19.3 Å². The minimum Gasteiger partial charge on any atom is -0.184 e. The van der Waals surface area contributed by atoms with E-state index < -0.39 is 0 Å². The van der Waals surface area contributed by atoms with E-state index in [9.17, 15) is 0 Å². The summed E-state index contributed by atoms with van der Waals surface area (Å²) in [6.07, 6.45) is 2.40. The second-order valence-electron chi connectivity index (χ2n) is 4.55. The van der Waals surface area contributed by atoms with Crippen LogP contribution in [0.2, 0.25) is 0 Å². The lowest BCUT2D eigenvalue weighted by atomic mass is 10.1. The molecule has 1 atom stereocenters. The van der Waals surface area contributed by atoms with Crippen LogP contribution in [0.4, 0.5) is 0 Å². The van der Waals surface area contributed by atoms with Crippen molar-refractivity contribution in [3.8, 4) is 0 Å². The van der Waals surface area contributed by atoms with E-state index in [0.717, 1.165) is 23.9 Å². The summed E-state index contributed by atoms with van der Waals surface area (Å²) >= 11 is 0. The summed E-state index contributed by atoms with van der Waals surface area (Å²) in [6, 6.07) is 7.44. The normalized spacial score (nSPS) is 11.6. The van der Waals surface area contributed by atoms with Crippen LogP contribution >= 0.6 is 0 Å². The van der Waals surface area contributed by atoms with Gasteiger partial charge in [0.05, 0.1) is 6.54 Å². The van der Waals surface area contributed by atoms with Gasteiger partial charge in [0.2, 0.25) is 0 Å². The molecule has 0 aliphatic rings. The van der Waals surface area contributed by atoms with Crippen LogP contribution in [-0.4, -0.2) is 27.6 Å². The lowest BCUT2D eigenvalue weighted by Gasteiger charge is -2.06.